The highest BCUT2D eigenvalue weighted by Crippen LogP contribution is 2.22. The molecule has 0 radical (unpaired) electrons. The number of piperazine rings is 1. The normalized spacial score (nSPS) is 14.0. The molecule has 1 aromatic heterocycles. The second kappa shape index (κ2) is 8.35. The number of pyridine rings is 1. The third kappa shape index (κ3) is 4.40. The maximum atomic E-state index is 12.7. The SMILES string of the molecule is Cc1cccc(N2CCN(c3cncc(C(=O)Nc4ccccc4C)c3)CC2)c1. The third-order valence-corrected chi connectivity index (χ3v) is 5.39. The smallest absolute Gasteiger partial charge is 0.257 e. The minimum Gasteiger partial charge on any atom is -0.368 e. The first kappa shape index (κ1) is 19.0. The standard InChI is InChI=1S/C24H26N4O/c1-18-6-5-8-21(14-18)27-10-12-28(13-11-27)22-15-20(16-25-17-22)24(29)26-23-9-4-3-7-19(23)2/h3-9,14-17H,10-13H2,1-2H3,(H,26,29). The number of rotatable bonds is 4. The summed E-state index contributed by atoms with van der Waals surface area (Å²) < 4.78 is 0. The summed E-state index contributed by atoms with van der Waals surface area (Å²) in [6, 6.07) is 18.3. The van der Waals surface area contributed by atoms with Gasteiger partial charge in [-0.2, -0.15) is 0 Å². The molecule has 2 heterocycles. The molecule has 0 aliphatic carbocycles. The van der Waals surface area contributed by atoms with Crippen LogP contribution in [0, 0.1) is 13.8 Å². The topological polar surface area (TPSA) is 48.5 Å². The lowest BCUT2D eigenvalue weighted by Crippen LogP contribution is -2.46. The summed E-state index contributed by atoms with van der Waals surface area (Å²) in [6.07, 6.45) is 3.47. The number of carbonyl (C=O) groups is 1. The maximum Gasteiger partial charge on any atom is 0.257 e. The van der Waals surface area contributed by atoms with Crippen molar-refractivity contribution in [3.8, 4) is 0 Å². The average Bonchev–Trinajstić information content (AvgIpc) is 2.75. The molecule has 1 amide bonds. The molecule has 0 saturated carbocycles. The molecule has 148 valence electrons. The van der Waals surface area contributed by atoms with Crippen LogP contribution in [0.15, 0.2) is 67.0 Å². The molecule has 1 saturated heterocycles. The summed E-state index contributed by atoms with van der Waals surface area (Å²) in [5, 5.41) is 2.98. The van der Waals surface area contributed by atoms with Gasteiger partial charge in [0.1, 0.15) is 0 Å². The second-order valence-electron chi connectivity index (χ2n) is 7.51. The molecule has 0 bridgehead atoms. The summed E-state index contributed by atoms with van der Waals surface area (Å²) in [6.45, 7) is 7.81. The Kier molecular flexibility index (Phi) is 5.47. The number of hydrogen-bond donors (Lipinski definition) is 1. The summed E-state index contributed by atoms with van der Waals surface area (Å²) in [5.74, 6) is -0.132. The number of carbonyl (C=O) groups excluding carboxylic acids is 1. The van der Waals surface area contributed by atoms with Gasteiger partial charge in [0.15, 0.2) is 0 Å². The predicted molar refractivity (Wildman–Crippen MR) is 119 cm³/mol. The lowest BCUT2D eigenvalue weighted by molar-refractivity contribution is 0.102. The van der Waals surface area contributed by atoms with Crippen molar-refractivity contribution < 1.29 is 4.79 Å². The molecular formula is C24H26N4O. The van der Waals surface area contributed by atoms with Gasteiger partial charge >= 0.3 is 0 Å². The Balaban J connectivity index is 1.43. The van der Waals surface area contributed by atoms with Crippen molar-refractivity contribution in [2.75, 3.05) is 41.3 Å². The molecule has 5 nitrogen and oxygen atoms in total. The van der Waals surface area contributed by atoms with Crippen LogP contribution in [0.3, 0.4) is 0 Å². The first-order chi connectivity index (χ1) is 14.1. The van der Waals surface area contributed by atoms with Crippen LogP contribution in [-0.4, -0.2) is 37.1 Å². The number of amides is 1. The Morgan fingerprint density at radius 1 is 0.862 bits per heavy atom. The molecule has 1 N–H and O–H groups in total. The molecule has 29 heavy (non-hydrogen) atoms. The monoisotopic (exact) mass is 386 g/mol. The minimum absolute atomic E-state index is 0.132. The highest BCUT2D eigenvalue weighted by molar-refractivity contribution is 6.04. The van der Waals surface area contributed by atoms with Crippen LogP contribution in [0.2, 0.25) is 0 Å². The second-order valence-corrected chi connectivity index (χ2v) is 7.51. The first-order valence-electron chi connectivity index (χ1n) is 9.99. The molecule has 0 unspecified atom stereocenters. The third-order valence-electron chi connectivity index (χ3n) is 5.39. The van der Waals surface area contributed by atoms with E-state index < -0.39 is 0 Å². The van der Waals surface area contributed by atoms with Crippen molar-refractivity contribution in [3.63, 3.8) is 0 Å². The molecule has 1 aliphatic heterocycles. The zero-order chi connectivity index (χ0) is 20.2. The Labute approximate surface area is 172 Å². The summed E-state index contributed by atoms with van der Waals surface area (Å²) in [7, 11) is 0. The van der Waals surface area contributed by atoms with Crippen LogP contribution >= 0.6 is 0 Å². The van der Waals surface area contributed by atoms with Gasteiger partial charge in [0.25, 0.3) is 5.91 Å². The van der Waals surface area contributed by atoms with E-state index in [0.717, 1.165) is 43.1 Å². The molecule has 0 atom stereocenters. The number of hydrogen-bond acceptors (Lipinski definition) is 4. The van der Waals surface area contributed by atoms with E-state index in [-0.39, 0.29) is 5.91 Å². The molecular weight excluding hydrogens is 360 g/mol. The lowest BCUT2D eigenvalue weighted by atomic mass is 10.1. The Hall–Kier alpha value is -3.34. The van der Waals surface area contributed by atoms with E-state index in [1.165, 1.54) is 11.3 Å². The average molecular weight is 386 g/mol. The first-order valence-corrected chi connectivity index (χ1v) is 9.99. The number of benzene rings is 2. The lowest BCUT2D eigenvalue weighted by Gasteiger charge is -2.37. The summed E-state index contributed by atoms with van der Waals surface area (Å²) >= 11 is 0. The maximum absolute atomic E-state index is 12.7. The van der Waals surface area contributed by atoms with Crippen LogP contribution in [0.1, 0.15) is 21.5 Å². The van der Waals surface area contributed by atoms with E-state index in [4.69, 9.17) is 0 Å². The molecule has 1 fully saturated rings. The largest absolute Gasteiger partial charge is 0.368 e. The Morgan fingerprint density at radius 3 is 2.31 bits per heavy atom. The van der Waals surface area contributed by atoms with E-state index in [1.54, 1.807) is 6.20 Å². The quantitative estimate of drug-likeness (QED) is 0.727. The summed E-state index contributed by atoms with van der Waals surface area (Å²) in [4.78, 5) is 21.7. The van der Waals surface area contributed by atoms with Gasteiger partial charge in [0.2, 0.25) is 0 Å². The molecule has 2 aromatic carbocycles. The number of nitrogens with one attached hydrogen (secondary N) is 1. The van der Waals surface area contributed by atoms with Crippen LogP contribution in [0.5, 0.6) is 0 Å². The van der Waals surface area contributed by atoms with Crippen LogP contribution in [-0.2, 0) is 0 Å². The number of para-hydroxylation sites is 1. The van der Waals surface area contributed by atoms with E-state index in [9.17, 15) is 4.79 Å². The highest BCUT2D eigenvalue weighted by atomic mass is 16.1. The van der Waals surface area contributed by atoms with Gasteiger partial charge in [0, 0.05) is 43.8 Å². The van der Waals surface area contributed by atoms with Crippen molar-refractivity contribution in [1.29, 1.82) is 0 Å². The molecule has 3 aromatic rings. The molecule has 5 heteroatoms. The molecule has 4 rings (SSSR count). The van der Waals surface area contributed by atoms with Crippen LogP contribution in [0.25, 0.3) is 0 Å². The van der Waals surface area contributed by atoms with E-state index in [2.05, 4.69) is 51.3 Å². The Morgan fingerprint density at radius 2 is 1.59 bits per heavy atom. The van der Waals surface area contributed by atoms with Gasteiger partial charge in [-0.3, -0.25) is 9.78 Å². The number of aromatic nitrogens is 1. The van der Waals surface area contributed by atoms with Gasteiger partial charge in [-0.05, 0) is 49.2 Å². The Bertz CT molecular complexity index is 1010. The van der Waals surface area contributed by atoms with Crippen molar-refractivity contribution in [1.82, 2.24) is 4.98 Å². The van der Waals surface area contributed by atoms with Gasteiger partial charge in [-0.25, -0.2) is 0 Å². The van der Waals surface area contributed by atoms with E-state index in [1.807, 2.05) is 43.5 Å². The summed E-state index contributed by atoms with van der Waals surface area (Å²) in [5.41, 5.74) is 5.99. The number of nitrogens with zero attached hydrogens (tertiary/aromatic N) is 3. The van der Waals surface area contributed by atoms with Gasteiger partial charge < -0.3 is 15.1 Å². The fourth-order valence-corrected chi connectivity index (χ4v) is 3.68. The highest BCUT2D eigenvalue weighted by Gasteiger charge is 2.19. The van der Waals surface area contributed by atoms with Crippen LogP contribution in [0.4, 0.5) is 17.1 Å². The molecule has 0 spiro atoms. The zero-order valence-electron chi connectivity index (χ0n) is 16.9. The minimum atomic E-state index is -0.132. The van der Waals surface area contributed by atoms with Gasteiger partial charge in [0.05, 0.1) is 17.4 Å². The van der Waals surface area contributed by atoms with Crippen molar-refractivity contribution in [2.45, 2.75) is 13.8 Å². The van der Waals surface area contributed by atoms with Gasteiger partial charge in [-0.15, -0.1) is 0 Å². The van der Waals surface area contributed by atoms with Crippen molar-refractivity contribution in [2.24, 2.45) is 0 Å². The predicted octanol–water partition coefficient (Wildman–Crippen LogP) is 4.28. The van der Waals surface area contributed by atoms with Crippen molar-refractivity contribution >= 4 is 23.0 Å². The molecule has 1 aliphatic rings. The van der Waals surface area contributed by atoms with E-state index in [0.29, 0.717) is 5.56 Å². The fraction of sp³-hybridized carbons (Fsp3) is 0.250. The fourth-order valence-electron chi connectivity index (χ4n) is 3.68. The van der Waals surface area contributed by atoms with Gasteiger partial charge in [-0.1, -0.05) is 30.3 Å². The van der Waals surface area contributed by atoms with E-state index >= 15 is 0 Å². The number of aryl methyl sites for hydroxylation is 2. The van der Waals surface area contributed by atoms with Crippen molar-refractivity contribution in [3.05, 3.63) is 83.7 Å². The zero-order valence-corrected chi connectivity index (χ0v) is 16.9. The van der Waals surface area contributed by atoms with Crippen LogP contribution < -0.4 is 15.1 Å². The number of anilines is 3.